The van der Waals surface area contributed by atoms with Gasteiger partial charge >= 0.3 is 6.03 Å². The first-order chi connectivity index (χ1) is 14.4. The second-order valence-corrected chi connectivity index (χ2v) is 9.93. The maximum atomic E-state index is 13.1. The minimum absolute atomic E-state index is 0.0565. The Kier molecular flexibility index (Phi) is 6.11. The molecule has 3 rings (SSSR count). The van der Waals surface area contributed by atoms with Crippen LogP contribution in [0.1, 0.15) is 56.0 Å². The molecule has 1 aromatic rings. The first-order valence-electron chi connectivity index (χ1n) is 10.6. The number of nitrogens with one attached hydrogen (secondary N) is 2. The number of rotatable bonds is 5. The van der Waals surface area contributed by atoms with Crippen LogP contribution < -0.4 is 10.6 Å². The molecule has 2 N–H and O–H groups in total. The van der Waals surface area contributed by atoms with Crippen molar-refractivity contribution in [3.8, 4) is 0 Å². The SMILES string of the molecule is C[C@@H]1CC(C)(C)C[C@]2(C1)NC(=O)N(CC(=O)NCc1ccc(C(=O)N(C)C)cc1)C2=O. The van der Waals surface area contributed by atoms with Gasteiger partial charge < -0.3 is 15.5 Å². The van der Waals surface area contributed by atoms with Gasteiger partial charge in [-0.2, -0.15) is 0 Å². The molecule has 1 aromatic carbocycles. The second kappa shape index (κ2) is 8.32. The molecule has 1 saturated carbocycles. The highest BCUT2D eigenvalue weighted by atomic mass is 16.2. The quantitative estimate of drug-likeness (QED) is 0.702. The number of hydrogen-bond donors (Lipinski definition) is 2. The second-order valence-electron chi connectivity index (χ2n) is 9.93. The van der Waals surface area contributed by atoms with Crippen LogP contribution in [0.2, 0.25) is 0 Å². The number of nitrogens with zero attached hydrogens (tertiary/aromatic N) is 2. The van der Waals surface area contributed by atoms with Gasteiger partial charge in [-0.1, -0.05) is 32.9 Å². The Bertz CT molecular complexity index is 893. The van der Waals surface area contributed by atoms with E-state index in [-0.39, 0.29) is 30.3 Å². The van der Waals surface area contributed by atoms with E-state index >= 15 is 0 Å². The van der Waals surface area contributed by atoms with Crippen molar-refractivity contribution in [2.45, 2.75) is 52.1 Å². The van der Waals surface area contributed by atoms with Crippen molar-refractivity contribution in [1.29, 1.82) is 0 Å². The Hall–Kier alpha value is -2.90. The highest BCUT2D eigenvalue weighted by Crippen LogP contribution is 2.46. The molecule has 168 valence electrons. The van der Waals surface area contributed by atoms with Gasteiger partial charge in [0.1, 0.15) is 12.1 Å². The molecule has 0 aromatic heterocycles. The number of imide groups is 1. The van der Waals surface area contributed by atoms with Crippen LogP contribution in [-0.4, -0.2) is 59.7 Å². The van der Waals surface area contributed by atoms with E-state index in [4.69, 9.17) is 0 Å². The lowest BCUT2D eigenvalue weighted by molar-refractivity contribution is -0.137. The summed E-state index contributed by atoms with van der Waals surface area (Å²) in [4.78, 5) is 52.6. The summed E-state index contributed by atoms with van der Waals surface area (Å²) in [5, 5.41) is 5.63. The summed E-state index contributed by atoms with van der Waals surface area (Å²) in [5.41, 5.74) is 0.418. The van der Waals surface area contributed by atoms with Gasteiger partial charge in [-0.3, -0.25) is 19.3 Å². The molecule has 0 unspecified atom stereocenters. The van der Waals surface area contributed by atoms with E-state index in [1.807, 2.05) is 0 Å². The lowest BCUT2D eigenvalue weighted by Crippen LogP contribution is -2.54. The number of carbonyl (C=O) groups is 4. The van der Waals surface area contributed by atoms with Crippen molar-refractivity contribution in [2.24, 2.45) is 11.3 Å². The number of urea groups is 1. The zero-order chi connectivity index (χ0) is 23.0. The largest absolute Gasteiger partial charge is 0.350 e. The Morgan fingerprint density at radius 2 is 1.81 bits per heavy atom. The molecule has 1 spiro atoms. The maximum absolute atomic E-state index is 13.1. The van der Waals surface area contributed by atoms with Crippen LogP contribution >= 0.6 is 0 Å². The zero-order valence-electron chi connectivity index (χ0n) is 18.9. The molecule has 1 aliphatic heterocycles. The van der Waals surface area contributed by atoms with Gasteiger partial charge in [0.25, 0.3) is 11.8 Å². The fourth-order valence-electron chi connectivity index (χ4n) is 5.07. The minimum Gasteiger partial charge on any atom is -0.350 e. The molecular weight excluding hydrogens is 396 g/mol. The lowest BCUT2D eigenvalue weighted by Gasteiger charge is -2.43. The summed E-state index contributed by atoms with van der Waals surface area (Å²) < 4.78 is 0. The summed E-state index contributed by atoms with van der Waals surface area (Å²) in [6.45, 7) is 6.24. The molecule has 1 heterocycles. The molecular formula is C23H32N4O4. The fourth-order valence-corrected chi connectivity index (χ4v) is 5.07. The maximum Gasteiger partial charge on any atom is 0.325 e. The molecule has 5 amide bonds. The third-order valence-corrected chi connectivity index (χ3v) is 6.02. The van der Waals surface area contributed by atoms with Gasteiger partial charge in [0, 0.05) is 26.2 Å². The summed E-state index contributed by atoms with van der Waals surface area (Å²) in [6.07, 6.45) is 2.17. The van der Waals surface area contributed by atoms with Crippen molar-refractivity contribution < 1.29 is 19.2 Å². The predicted octanol–water partition coefficient (Wildman–Crippen LogP) is 2.14. The standard InChI is InChI=1S/C23H32N4O4/c1-15-10-22(2,3)14-23(11-15)20(30)27(21(31)25-23)13-18(28)24-12-16-6-8-17(9-7-16)19(29)26(4)5/h6-9,15H,10-14H2,1-5H3,(H,24,28)(H,25,31)/t15-,23+/m1/s1. The third kappa shape index (κ3) is 4.89. The number of hydrogen-bond acceptors (Lipinski definition) is 4. The molecule has 2 atom stereocenters. The molecule has 1 saturated heterocycles. The molecule has 8 heteroatoms. The molecule has 31 heavy (non-hydrogen) atoms. The van der Waals surface area contributed by atoms with Crippen LogP contribution in [0.5, 0.6) is 0 Å². The Morgan fingerprint density at radius 1 is 1.16 bits per heavy atom. The Balaban J connectivity index is 1.59. The molecule has 2 aliphatic rings. The summed E-state index contributed by atoms with van der Waals surface area (Å²) in [5.74, 6) is -0.497. The van der Waals surface area contributed by atoms with Gasteiger partial charge in [0.2, 0.25) is 5.91 Å². The monoisotopic (exact) mass is 428 g/mol. The van der Waals surface area contributed by atoms with E-state index in [9.17, 15) is 19.2 Å². The summed E-state index contributed by atoms with van der Waals surface area (Å²) in [6, 6.07) is 6.45. The molecule has 8 nitrogen and oxygen atoms in total. The first-order valence-corrected chi connectivity index (χ1v) is 10.6. The van der Waals surface area contributed by atoms with Crippen molar-refractivity contribution in [3.05, 3.63) is 35.4 Å². The Morgan fingerprint density at radius 3 is 2.39 bits per heavy atom. The number of amides is 5. The summed E-state index contributed by atoms with van der Waals surface area (Å²) >= 11 is 0. The lowest BCUT2D eigenvalue weighted by atomic mass is 9.64. The molecule has 2 fully saturated rings. The van der Waals surface area contributed by atoms with E-state index in [0.29, 0.717) is 24.3 Å². The van der Waals surface area contributed by atoms with Crippen LogP contribution in [0.25, 0.3) is 0 Å². The fraction of sp³-hybridized carbons (Fsp3) is 0.565. The van der Waals surface area contributed by atoms with Crippen molar-refractivity contribution in [2.75, 3.05) is 20.6 Å². The van der Waals surface area contributed by atoms with E-state index < -0.39 is 17.5 Å². The topological polar surface area (TPSA) is 98.8 Å². The van der Waals surface area contributed by atoms with Crippen LogP contribution in [0.4, 0.5) is 4.79 Å². The number of benzene rings is 1. The van der Waals surface area contributed by atoms with Crippen LogP contribution in [0.3, 0.4) is 0 Å². The van der Waals surface area contributed by atoms with Crippen LogP contribution in [0, 0.1) is 11.3 Å². The minimum atomic E-state index is -0.909. The van der Waals surface area contributed by atoms with E-state index in [2.05, 4.69) is 31.4 Å². The van der Waals surface area contributed by atoms with Gasteiger partial charge in [-0.05, 0) is 48.3 Å². The van der Waals surface area contributed by atoms with E-state index in [1.54, 1.807) is 38.4 Å². The van der Waals surface area contributed by atoms with Crippen molar-refractivity contribution >= 4 is 23.8 Å². The van der Waals surface area contributed by atoms with Gasteiger partial charge in [-0.15, -0.1) is 0 Å². The smallest absolute Gasteiger partial charge is 0.325 e. The van der Waals surface area contributed by atoms with E-state index in [0.717, 1.165) is 16.9 Å². The third-order valence-electron chi connectivity index (χ3n) is 6.02. The normalized spacial score (nSPS) is 24.8. The van der Waals surface area contributed by atoms with Crippen LogP contribution in [-0.2, 0) is 16.1 Å². The van der Waals surface area contributed by atoms with Crippen molar-refractivity contribution in [3.63, 3.8) is 0 Å². The highest BCUT2D eigenvalue weighted by Gasteiger charge is 2.56. The van der Waals surface area contributed by atoms with Crippen LogP contribution in [0.15, 0.2) is 24.3 Å². The molecule has 0 radical (unpaired) electrons. The predicted molar refractivity (Wildman–Crippen MR) is 116 cm³/mol. The van der Waals surface area contributed by atoms with Gasteiger partial charge in [0.05, 0.1) is 0 Å². The average Bonchev–Trinajstić information content (AvgIpc) is 2.87. The van der Waals surface area contributed by atoms with Gasteiger partial charge in [0.15, 0.2) is 0 Å². The molecule has 1 aliphatic carbocycles. The highest BCUT2D eigenvalue weighted by molar-refractivity contribution is 6.09. The average molecular weight is 429 g/mol. The molecule has 0 bridgehead atoms. The van der Waals surface area contributed by atoms with Crippen molar-refractivity contribution in [1.82, 2.24) is 20.4 Å². The van der Waals surface area contributed by atoms with E-state index in [1.165, 1.54) is 4.90 Å². The Labute approximate surface area is 183 Å². The van der Waals surface area contributed by atoms with Gasteiger partial charge in [-0.25, -0.2) is 4.79 Å². The summed E-state index contributed by atoms with van der Waals surface area (Å²) in [7, 11) is 3.37. The zero-order valence-corrected chi connectivity index (χ0v) is 18.9. The first kappa shape index (κ1) is 22.8. The number of carbonyl (C=O) groups excluding carboxylic acids is 4.